The molecule has 196 valence electrons. The molecule has 7 nitrogen and oxygen atoms in total. The van der Waals surface area contributed by atoms with Gasteiger partial charge < -0.3 is 18.8 Å². The lowest BCUT2D eigenvalue weighted by Crippen LogP contribution is -2.28. The van der Waals surface area contributed by atoms with Gasteiger partial charge in [-0.3, -0.25) is 4.79 Å². The van der Waals surface area contributed by atoms with E-state index < -0.39 is 0 Å². The Balaban J connectivity index is 1.47. The zero-order chi connectivity index (χ0) is 26.6. The number of ether oxygens (including phenoxy) is 3. The molecule has 1 amide bonds. The average molecular weight is 530 g/mol. The van der Waals surface area contributed by atoms with E-state index in [1.165, 1.54) is 5.52 Å². The summed E-state index contributed by atoms with van der Waals surface area (Å²) < 4.78 is 18.8. The smallest absolute Gasteiger partial charge is 0.253 e. The van der Waals surface area contributed by atoms with Crippen molar-refractivity contribution in [2.45, 2.75) is 30.8 Å². The third-order valence-corrected chi connectivity index (χ3v) is 7.85. The Morgan fingerprint density at radius 3 is 2.47 bits per heavy atom. The van der Waals surface area contributed by atoms with Crippen LogP contribution in [0, 0.1) is 0 Å². The van der Waals surface area contributed by atoms with Crippen LogP contribution in [-0.2, 0) is 11.3 Å². The number of fused-ring (bicyclic) bond motifs is 1. The quantitative estimate of drug-likeness (QED) is 0.243. The van der Waals surface area contributed by atoms with Gasteiger partial charge in [0.15, 0.2) is 11.5 Å². The largest absolute Gasteiger partial charge is 0.497 e. The number of hydrazone groups is 1. The number of carbonyl (C=O) groups is 1. The molecule has 0 unspecified atom stereocenters. The molecular weight excluding hydrogens is 498 g/mol. The molecule has 1 aromatic heterocycles. The second kappa shape index (κ2) is 11.2. The van der Waals surface area contributed by atoms with Gasteiger partial charge in [0.05, 0.1) is 38.8 Å². The minimum atomic E-state index is -0.317. The van der Waals surface area contributed by atoms with E-state index >= 15 is 0 Å². The van der Waals surface area contributed by atoms with E-state index in [1.807, 2.05) is 54.6 Å². The summed E-state index contributed by atoms with van der Waals surface area (Å²) in [5, 5.41) is 7.61. The van der Waals surface area contributed by atoms with Crippen molar-refractivity contribution in [1.29, 1.82) is 0 Å². The van der Waals surface area contributed by atoms with Crippen LogP contribution in [0.3, 0.4) is 0 Å². The normalized spacial score (nSPS) is 15.0. The topological polar surface area (TPSA) is 65.3 Å². The summed E-state index contributed by atoms with van der Waals surface area (Å²) >= 11 is 1.54. The lowest BCUT2D eigenvalue weighted by Gasteiger charge is -2.24. The fourth-order valence-corrected chi connectivity index (χ4v) is 5.85. The van der Waals surface area contributed by atoms with Gasteiger partial charge in [-0.2, -0.15) is 5.10 Å². The number of methoxy groups -OCH3 is 3. The Morgan fingerprint density at radius 2 is 1.76 bits per heavy atom. The number of carbonyl (C=O) groups excluding carboxylic acids is 1. The van der Waals surface area contributed by atoms with E-state index in [1.54, 1.807) is 38.1 Å². The maximum atomic E-state index is 13.7. The molecule has 3 aromatic carbocycles. The first-order valence-electron chi connectivity index (χ1n) is 12.5. The van der Waals surface area contributed by atoms with Gasteiger partial charge in [0, 0.05) is 40.5 Å². The van der Waals surface area contributed by atoms with Crippen LogP contribution in [0.5, 0.6) is 17.2 Å². The van der Waals surface area contributed by atoms with Gasteiger partial charge in [-0.1, -0.05) is 30.3 Å². The number of aryl methyl sites for hydroxylation is 1. The van der Waals surface area contributed by atoms with Crippen LogP contribution in [0.15, 0.2) is 82.9 Å². The highest BCUT2D eigenvalue weighted by molar-refractivity contribution is 8.00. The molecule has 1 atom stereocenters. The van der Waals surface area contributed by atoms with Crippen molar-refractivity contribution in [2.24, 2.45) is 5.10 Å². The molecule has 0 saturated heterocycles. The van der Waals surface area contributed by atoms with Crippen LogP contribution < -0.4 is 14.2 Å². The van der Waals surface area contributed by atoms with Crippen molar-refractivity contribution in [3.05, 3.63) is 84.1 Å². The summed E-state index contributed by atoms with van der Waals surface area (Å²) in [4.78, 5) is 14.8. The number of benzene rings is 3. The van der Waals surface area contributed by atoms with Gasteiger partial charge in [-0.25, -0.2) is 5.01 Å². The molecule has 0 N–H and O–H groups in total. The fraction of sp³-hybridized carbons (Fsp3) is 0.267. The second-order valence-corrected chi connectivity index (χ2v) is 9.92. The third-order valence-electron chi connectivity index (χ3n) is 6.83. The summed E-state index contributed by atoms with van der Waals surface area (Å²) in [5.41, 5.74) is 3.82. The molecule has 5 rings (SSSR count). The Morgan fingerprint density at radius 1 is 0.974 bits per heavy atom. The van der Waals surface area contributed by atoms with E-state index in [9.17, 15) is 4.79 Å². The highest BCUT2D eigenvalue weighted by atomic mass is 32.2. The van der Waals surface area contributed by atoms with Crippen molar-refractivity contribution in [3.63, 3.8) is 0 Å². The summed E-state index contributed by atoms with van der Waals surface area (Å²) in [6.45, 7) is 2.99. The molecule has 0 aliphatic carbocycles. The van der Waals surface area contributed by atoms with Crippen molar-refractivity contribution in [3.8, 4) is 17.2 Å². The van der Waals surface area contributed by atoms with E-state index in [0.29, 0.717) is 17.9 Å². The summed E-state index contributed by atoms with van der Waals surface area (Å²) in [5.74, 6) is 2.20. The van der Waals surface area contributed by atoms with E-state index in [-0.39, 0.29) is 17.7 Å². The predicted molar refractivity (Wildman–Crippen MR) is 152 cm³/mol. The molecule has 1 aliphatic rings. The summed E-state index contributed by atoms with van der Waals surface area (Å²) in [6.07, 6.45) is 2.68. The van der Waals surface area contributed by atoms with Crippen LogP contribution in [0.1, 0.15) is 30.5 Å². The fourth-order valence-electron chi connectivity index (χ4n) is 4.91. The number of hydrogen-bond acceptors (Lipinski definition) is 6. The number of aromatic nitrogens is 1. The Bertz CT molecular complexity index is 1480. The molecule has 0 saturated carbocycles. The monoisotopic (exact) mass is 529 g/mol. The first-order valence-corrected chi connectivity index (χ1v) is 13.5. The molecule has 4 aromatic rings. The molecular formula is C30H31N3O4S. The highest BCUT2D eigenvalue weighted by Gasteiger charge is 2.35. The van der Waals surface area contributed by atoms with Gasteiger partial charge in [0.2, 0.25) is 0 Å². The molecule has 0 spiro atoms. The van der Waals surface area contributed by atoms with Crippen molar-refractivity contribution in [2.75, 3.05) is 27.1 Å². The van der Waals surface area contributed by atoms with E-state index in [4.69, 9.17) is 19.3 Å². The Labute approximate surface area is 227 Å². The first-order chi connectivity index (χ1) is 18.6. The molecule has 38 heavy (non-hydrogen) atoms. The van der Waals surface area contributed by atoms with Crippen LogP contribution in [0.4, 0.5) is 0 Å². The standard InChI is InChI=1S/C30H31N3O4S/c1-5-32-18-28(22-9-6-7-11-25(22)32)38-19-29(34)33-26(23-10-8-12-27(36-3)30(23)37-4)17-24(31-33)20-13-15-21(35-2)16-14-20/h6-16,18,26H,5,17,19H2,1-4H3/t26-/m0/s1. The summed E-state index contributed by atoms with van der Waals surface area (Å²) in [7, 11) is 4.87. The number of amides is 1. The van der Waals surface area contributed by atoms with Gasteiger partial charge in [0.1, 0.15) is 5.75 Å². The van der Waals surface area contributed by atoms with Crippen LogP contribution in [-0.4, -0.2) is 48.3 Å². The first kappa shape index (κ1) is 25.7. The van der Waals surface area contributed by atoms with E-state index in [2.05, 4.69) is 29.8 Å². The second-order valence-electron chi connectivity index (χ2n) is 8.90. The molecule has 8 heteroatoms. The van der Waals surface area contributed by atoms with Crippen molar-refractivity contribution < 1.29 is 19.0 Å². The van der Waals surface area contributed by atoms with Crippen molar-refractivity contribution >= 4 is 34.3 Å². The highest BCUT2D eigenvalue weighted by Crippen LogP contribution is 2.42. The van der Waals surface area contributed by atoms with Crippen LogP contribution >= 0.6 is 11.8 Å². The predicted octanol–water partition coefficient (Wildman–Crippen LogP) is 6.16. The maximum Gasteiger partial charge on any atom is 0.253 e. The van der Waals surface area contributed by atoms with Gasteiger partial charge in [-0.05, 0) is 48.9 Å². The van der Waals surface area contributed by atoms with Gasteiger partial charge in [0.25, 0.3) is 5.91 Å². The third kappa shape index (κ3) is 4.84. The van der Waals surface area contributed by atoms with Gasteiger partial charge >= 0.3 is 0 Å². The van der Waals surface area contributed by atoms with Crippen LogP contribution in [0.25, 0.3) is 10.9 Å². The Hall–Kier alpha value is -3.91. The number of rotatable bonds is 9. The SMILES string of the molecule is CCn1cc(SCC(=O)N2N=C(c3ccc(OC)cc3)C[C@H]2c2cccc(OC)c2OC)c2ccccc21. The molecule has 0 fully saturated rings. The van der Waals surface area contributed by atoms with Crippen molar-refractivity contribution in [1.82, 2.24) is 9.58 Å². The lowest BCUT2D eigenvalue weighted by atomic mass is 9.97. The number of nitrogens with zero attached hydrogens (tertiary/aromatic N) is 3. The molecule has 0 bridgehead atoms. The molecule has 0 radical (unpaired) electrons. The Kier molecular flexibility index (Phi) is 7.60. The maximum absolute atomic E-state index is 13.7. The number of para-hydroxylation sites is 2. The zero-order valence-electron chi connectivity index (χ0n) is 22.0. The minimum Gasteiger partial charge on any atom is -0.497 e. The average Bonchev–Trinajstić information content (AvgIpc) is 3.57. The van der Waals surface area contributed by atoms with Gasteiger partial charge in [-0.15, -0.1) is 11.8 Å². The number of thioether (sulfide) groups is 1. The molecule has 2 heterocycles. The minimum absolute atomic E-state index is 0.0679. The zero-order valence-corrected chi connectivity index (χ0v) is 22.8. The number of hydrogen-bond donors (Lipinski definition) is 0. The summed E-state index contributed by atoms with van der Waals surface area (Å²) in [6, 6.07) is 21.5. The lowest BCUT2D eigenvalue weighted by molar-refractivity contribution is -0.130. The van der Waals surface area contributed by atoms with E-state index in [0.717, 1.165) is 39.4 Å². The van der Waals surface area contributed by atoms with Crippen LogP contribution in [0.2, 0.25) is 0 Å². The molecule has 1 aliphatic heterocycles.